The van der Waals surface area contributed by atoms with E-state index in [1.807, 2.05) is 11.0 Å². The smallest absolute Gasteiger partial charge is 0.254 e. The summed E-state index contributed by atoms with van der Waals surface area (Å²) >= 11 is 7.71. The van der Waals surface area contributed by atoms with Gasteiger partial charge in [0, 0.05) is 17.0 Å². The number of nitrogens with two attached hydrogens (primary N) is 1. The molecule has 1 aromatic heterocycles. The molecule has 1 fully saturated rings. The number of rotatable bonds is 2. The Balaban J connectivity index is 1.87. The van der Waals surface area contributed by atoms with E-state index in [0.29, 0.717) is 16.3 Å². The van der Waals surface area contributed by atoms with Gasteiger partial charge in [-0.15, -0.1) is 11.3 Å². The van der Waals surface area contributed by atoms with E-state index in [2.05, 4.69) is 11.4 Å². The summed E-state index contributed by atoms with van der Waals surface area (Å²) in [5.74, 6) is 0.0304. The molecular formula is C15H15ClN2OS. The van der Waals surface area contributed by atoms with Crippen LogP contribution in [0.3, 0.4) is 0 Å². The van der Waals surface area contributed by atoms with E-state index in [4.69, 9.17) is 17.3 Å². The number of benzene rings is 1. The fourth-order valence-electron chi connectivity index (χ4n) is 2.61. The first kappa shape index (κ1) is 13.5. The minimum absolute atomic E-state index is 0.0304. The number of thiophene rings is 1. The van der Waals surface area contributed by atoms with Gasteiger partial charge in [-0.05, 0) is 42.5 Å². The normalized spacial score (nSPS) is 18.4. The zero-order valence-electron chi connectivity index (χ0n) is 10.9. The molecule has 5 heteroatoms. The van der Waals surface area contributed by atoms with Crippen molar-refractivity contribution in [2.45, 2.75) is 18.9 Å². The molecule has 1 aromatic carbocycles. The zero-order valence-corrected chi connectivity index (χ0v) is 12.5. The van der Waals surface area contributed by atoms with E-state index in [0.717, 1.165) is 19.4 Å². The first-order valence-corrected chi connectivity index (χ1v) is 7.82. The molecule has 1 aliphatic heterocycles. The van der Waals surface area contributed by atoms with Gasteiger partial charge >= 0.3 is 0 Å². The lowest BCUT2D eigenvalue weighted by molar-refractivity contribution is 0.0738. The van der Waals surface area contributed by atoms with Gasteiger partial charge in [-0.25, -0.2) is 0 Å². The lowest BCUT2D eigenvalue weighted by Gasteiger charge is -2.24. The summed E-state index contributed by atoms with van der Waals surface area (Å²) in [5.41, 5.74) is 6.80. The minimum atomic E-state index is 0.0304. The SMILES string of the molecule is Nc1ccc(C(=O)N2CCCC2c2cccs2)cc1Cl. The maximum absolute atomic E-state index is 12.6. The van der Waals surface area contributed by atoms with E-state index >= 15 is 0 Å². The second-order valence-corrected chi connectivity index (χ2v) is 6.29. The topological polar surface area (TPSA) is 46.3 Å². The van der Waals surface area contributed by atoms with Gasteiger partial charge < -0.3 is 10.6 Å². The average Bonchev–Trinajstić information content (AvgIpc) is 3.10. The fourth-order valence-corrected chi connectivity index (χ4v) is 3.67. The predicted octanol–water partition coefficient (Wildman–Crippen LogP) is 3.96. The van der Waals surface area contributed by atoms with Crippen LogP contribution in [0.5, 0.6) is 0 Å². The highest BCUT2D eigenvalue weighted by atomic mass is 35.5. The summed E-state index contributed by atoms with van der Waals surface area (Å²) in [7, 11) is 0. The van der Waals surface area contributed by atoms with Crippen molar-refractivity contribution in [3.63, 3.8) is 0 Å². The van der Waals surface area contributed by atoms with Crippen molar-refractivity contribution in [1.29, 1.82) is 0 Å². The van der Waals surface area contributed by atoms with Crippen LogP contribution in [-0.2, 0) is 0 Å². The molecule has 0 saturated carbocycles. The third-order valence-corrected chi connectivity index (χ3v) is 4.93. The van der Waals surface area contributed by atoms with Crippen LogP contribution in [0.1, 0.15) is 34.1 Å². The number of nitrogen functional groups attached to an aromatic ring is 1. The summed E-state index contributed by atoms with van der Waals surface area (Å²) in [4.78, 5) is 15.8. The van der Waals surface area contributed by atoms with Gasteiger partial charge in [0.05, 0.1) is 16.8 Å². The quantitative estimate of drug-likeness (QED) is 0.854. The molecule has 104 valence electrons. The van der Waals surface area contributed by atoms with Crippen LogP contribution in [0.15, 0.2) is 35.7 Å². The van der Waals surface area contributed by atoms with Crippen LogP contribution in [0.2, 0.25) is 5.02 Å². The molecule has 3 nitrogen and oxygen atoms in total. The number of hydrogen-bond acceptors (Lipinski definition) is 3. The summed E-state index contributed by atoms with van der Waals surface area (Å²) in [6.07, 6.45) is 2.06. The number of halogens is 1. The van der Waals surface area contributed by atoms with Crippen molar-refractivity contribution in [2.24, 2.45) is 0 Å². The van der Waals surface area contributed by atoms with E-state index in [-0.39, 0.29) is 11.9 Å². The monoisotopic (exact) mass is 306 g/mol. The van der Waals surface area contributed by atoms with Crippen molar-refractivity contribution >= 4 is 34.5 Å². The molecule has 20 heavy (non-hydrogen) atoms. The van der Waals surface area contributed by atoms with Gasteiger partial charge in [-0.2, -0.15) is 0 Å². The number of nitrogens with zero attached hydrogens (tertiary/aromatic N) is 1. The van der Waals surface area contributed by atoms with Gasteiger partial charge in [0.15, 0.2) is 0 Å². The van der Waals surface area contributed by atoms with E-state index in [1.54, 1.807) is 29.5 Å². The highest BCUT2D eigenvalue weighted by molar-refractivity contribution is 7.10. The van der Waals surface area contributed by atoms with E-state index in [9.17, 15) is 4.79 Å². The number of carbonyl (C=O) groups is 1. The molecule has 1 amide bonds. The summed E-state index contributed by atoms with van der Waals surface area (Å²) in [6, 6.07) is 9.40. The van der Waals surface area contributed by atoms with Crippen molar-refractivity contribution in [3.05, 3.63) is 51.2 Å². The van der Waals surface area contributed by atoms with Gasteiger partial charge in [-0.3, -0.25) is 4.79 Å². The number of likely N-dealkylation sites (tertiary alicyclic amines) is 1. The van der Waals surface area contributed by atoms with Gasteiger partial charge in [-0.1, -0.05) is 17.7 Å². The van der Waals surface area contributed by atoms with Crippen LogP contribution < -0.4 is 5.73 Å². The van der Waals surface area contributed by atoms with Gasteiger partial charge in [0.1, 0.15) is 0 Å². The summed E-state index contributed by atoms with van der Waals surface area (Å²) < 4.78 is 0. The Labute approximate surface area is 127 Å². The Bertz CT molecular complexity index is 627. The molecule has 3 rings (SSSR count). The molecule has 0 spiro atoms. The number of hydrogen-bond donors (Lipinski definition) is 1. The number of anilines is 1. The number of carbonyl (C=O) groups excluding carboxylic acids is 1. The molecule has 0 aliphatic carbocycles. The Morgan fingerprint density at radius 1 is 1.40 bits per heavy atom. The molecule has 2 heterocycles. The Kier molecular flexibility index (Phi) is 3.68. The lowest BCUT2D eigenvalue weighted by atomic mass is 10.1. The van der Waals surface area contributed by atoms with E-state index < -0.39 is 0 Å². The fraction of sp³-hybridized carbons (Fsp3) is 0.267. The maximum atomic E-state index is 12.6. The molecule has 0 radical (unpaired) electrons. The Hall–Kier alpha value is -1.52. The molecule has 1 unspecified atom stereocenters. The van der Waals surface area contributed by atoms with E-state index in [1.165, 1.54) is 4.88 Å². The Morgan fingerprint density at radius 2 is 2.25 bits per heavy atom. The average molecular weight is 307 g/mol. The Morgan fingerprint density at radius 3 is 2.95 bits per heavy atom. The first-order valence-electron chi connectivity index (χ1n) is 6.56. The molecule has 2 aromatic rings. The molecule has 1 aliphatic rings. The summed E-state index contributed by atoms with van der Waals surface area (Å²) in [6.45, 7) is 0.795. The molecule has 1 atom stereocenters. The van der Waals surface area contributed by atoms with Gasteiger partial charge in [0.25, 0.3) is 5.91 Å². The van der Waals surface area contributed by atoms with Crippen molar-refractivity contribution in [2.75, 3.05) is 12.3 Å². The van der Waals surface area contributed by atoms with Crippen LogP contribution in [-0.4, -0.2) is 17.4 Å². The van der Waals surface area contributed by atoms with Gasteiger partial charge in [0.2, 0.25) is 0 Å². The van der Waals surface area contributed by atoms with Crippen molar-refractivity contribution in [1.82, 2.24) is 4.90 Å². The highest BCUT2D eigenvalue weighted by Gasteiger charge is 2.31. The largest absolute Gasteiger partial charge is 0.398 e. The predicted molar refractivity (Wildman–Crippen MR) is 83.2 cm³/mol. The lowest BCUT2D eigenvalue weighted by Crippen LogP contribution is -2.30. The zero-order chi connectivity index (χ0) is 14.1. The standard InChI is InChI=1S/C15H15ClN2OS/c16-11-9-10(5-6-12(11)17)15(19)18-7-1-3-13(18)14-4-2-8-20-14/h2,4-6,8-9,13H,1,3,7,17H2. The summed E-state index contributed by atoms with van der Waals surface area (Å²) in [5, 5.41) is 2.49. The van der Waals surface area contributed by atoms with Crippen molar-refractivity contribution in [3.8, 4) is 0 Å². The molecule has 1 saturated heterocycles. The third-order valence-electron chi connectivity index (χ3n) is 3.63. The van der Waals surface area contributed by atoms with Crippen molar-refractivity contribution < 1.29 is 4.79 Å². The van der Waals surface area contributed by atoms with Crippen LogP contribution >= 0.6 is 22.9 Å². The number of amides is 1. The molecular weight excluding hydrogens is 292 g/mol. The second-order valence-electron chi connectivity index (χ2n) is 4.91. The maximum Gasteiger partial charge on any atom is 0.254 e. The van der Waals surface area contributed by atoms with Crippen LogP contribution in [0, 0.1) is 0 Å². The van der Waals surface area contributed by atoms with Crippen LogP contribution in [0.25, 0.3) is 0 Å². The first-order chi connectivity index (χ1) is 9.66. The molecule has 2 N–H and O–H groups in total. The third kappa shape index (κ3) is 2.41. The highest BCUT2D eigenvalue weighted by Crippen LogP contribution is 2.35. The second kappa shape index (κ2) is 5.46. The molecule has 0 bridgehead atoms. The minimum Gasteiger partial charge on any atom is -0.398 e. The van der Waals surface area contributed by atoms with Crippen LogP contribution in [0.4, 0.5) is 5.69 Å².